The van der Waals surface area contributed by atoms with E-state index in [1.807, 2.05) is 0 Å². The largest absolute Gasteiger partial charge is 0.481 e. The molecule has 0 aromatic carbocycles. The maximum absolute atomic E-state index is 10.3. The van der Waals surface area contributed by atoms with Crippen LogP contribution in [-0.2, 0) is 9.59 Å². The first-order chi connectivity index (χ1) is 5.86. The monoisotopic (exact) mass is 191 g/mol. The molecule has 13 heavy (non-hydrogen) atoms. The van der Waals surface area contributed by atoms with Crippen LogP contribution < -0.4 is 5.73 Å². The molecule has 6 nitrogen and oxygen atoms in total. The van der Waals surface area contributed by atoms with Gasteiger partial charge in [-0.15, -0.1) is 0 Å². The van der Waals surface area contributed by atoms with E-state index >= 15 is 0 Å². The Morgan fingerprint density at radius 2 is 1.77 bits per heavy atom. The van der Waals surface area contributed by atoms with Crippen molar-refractivity contribution in [1.82, 2.24) is 0 Å². The topological polar surface area (TPSA) is 121 Å². The quantitative estimate of drug-likeness (QED) is 0.327. The third-order valence-electron chi connectivity index (χ3n) is 1.57. The smallest absolute Gasteiger partial charge is 0.350 e. The summed E-state index contributed by atoms with van der Waals surface area (Å²) in [7, 11) is 0. The van der Waals surface area contributed by atoms with Crippen LogP contribution in [0.4, 0.5) is 0 Å². The van der Waals surface area contributed by atoms with Crippen LogP contribution in [0.1, 0.15) is 25.7 Å². The Hall–Kier alpha value is -1.14. The SMILES string of the molecule is NC(O)(CCCCC(=O)O)C(=O)O. The summed E-state index contributed by atoms with van der Waals surface area (Å²) >= 11 is 0. The Balaban J connectivity index is 3.64. The Morgan fingerprint density at radius 3 is 2.15 bits per heavy atom. The molecule has 0 aliphatic carbocycles. The summed E-state index contributed by atoms with van der Waals surface area (Å²) in [5, 5.41) is 25.6. The number of aliphatic hydroxyl groups is 1. The number of hydrogen-bond donors (Lipinski definition) is 4. The number of aliphatic carboxylic acids is 2. The van der Waals surface area contributed by atoms with Crippen molar-refractivity contribution < 1.29 is 24.9 Å². The van der Waals surface area contributed by atoms with Gasteiger partial charge in [-0.2, -0.15) is 0 Å². The van der Waals surface area contributed by atoms with Gasteiger partial charge in [0.2, 0.25) is 5.72 Å². The predicted octanol–water partition coefficient (Wildman–Crippen LogP) is -0.637. The van der Waals surface area contributed by atoms with Gasteiger partial charge in [-0.3, -0.25) is 10.5 Å². The van der Waals surface area contributed by atoms with E-state index in [1.54, 1.807) is 0 Å². The van der Waals surface area contributed by atoms with Gasteiger partial charge in [0, 0.05) is 12.8 Å². The molecule has 0 fully saturated rings. The lowest BCUT2D eigenvalue weighted by Crippen LogP contribution is -2.47. The van der Waals surface area contributed by atoms with Crippen LogP contribution >= 0.6 is 0 Å². The number of rotatable bonds is 6. The molecule has 0 amide bonds. The molecule has 0 spiro atoms. The lowest BCUT2D eigenvalue weighted by molar-refractivity contribution is -0.158. The molecule has 0 aromatic heterocycles. The summed E-state index contributed by atoms with van der Waals surface area (Å²) in [4.78, 5) is 20.3. The van der Waals surface area contributed by atoms with Crippen molar-refractivity contribution in [3.8, 4) is 0 Å². The molecule has 0 saturated carbocycles. The molecule has 5 N–H and O–H groups in total. The first-order valence-corrected chi connectivity index (χ1v) is 3.82. The molecule has 1 unspecified atom stereocenters. The van der Waals surface area contributed by atoms with Gasteiger partial charge in [-0.1, -0.05) is 0 Å². The second-order valence-electron chi connectivity index (χ2n) is 2.83. The average Bonchev–Trinajstić information content (AvgIpc) is 1.97. The normalized spacial score (nSPS) is 14.9. The molecule has 0 aliphatic heterocycles. The van der Waals surface area contributed by atoms with Gasteiger partial charge < -0.3 is 15.3 Å². The van der Waals surface area contributed by atoms with Gasteiger partial charge in [-0.05, 0) is 12.8 Å². The lowest BCUT2D eigenvalue weighted by atomic mass is 10.1. The van der Waals surface area contributed by atoms with Crippen molar-refractivity contribution >= 4 is 11.9 Å². The third-order valence-corrected chi connectivity index (χ3v) is 1.57. The summed E-state index contributed by atoms with van der Waals surface area (Å²) in [6, 6.07) is 0. The first-order valence-electron chi connectivity index (χ1n) is 3.82. The minimum Gasteiger partial charge on any atom is -0.481 e. The maximum atomic E-state index is 10.3. The fraction of sp³-hybridized carbons (Fsp3) is 0.714. The van der Waals surface area contributed by atoms with Crippen LogP contribution in [0.2, 0.25) is 0 Å². The Bertz CT molecular complexity index is 201. The standard InChI is InChI=1S/C7H13NO5/c8-7(13,6(11)12)4-2-1-3-5(9)10/h13H,1-4,8H2,(H,9,10)(H,11,12). The fourth-order valence-corrected chi connectivity index (χ4v) is 0.778. The van der Waals surface area contributed by atoms with Crippen LogP contribution in [0.15, 0.2) is 0 Å². The molecular formula is C7H13NO5. The zero-order valence-electron chi connectivity index (χ0n) is 7.06. The van der Waals surface area contributed by atoms with E-state index in [1.165, 1.54) is 0 Å². The minimum atomic E-state index is -2.24. The second kappa shape index (κ2) is 4.78. The zero-order valence-corrected chi connectivity index (χ0v) is 7.06. The summed E-state index contributed by atoms with van der Waals surface area (Å²) in [5.41, 5.74) is 2.75. The van der Waals surface area contributed by atoms with Gasteiger partial charge in [-0.25, -0.2) is 4.79 Å². The van der Waals surface area contributed by atoms with E-state index in [0.29, 0.717) is 6.42 Å². The molecule has 6 heteroatoms. The molecular weight excluding hydrogens is 178 g/mol. The molecule has 0 aliphatic rings. The van der Waals surface area contributed by atoms with Crippen molar-refractivity contribution in [3.63, 3.8) is 0 Å². The van der Waals surface area contributed by atoms with Gasteiger partial charge in [0.05, 0.1) is 0 Å². The summed E-state index contributed by atoms with van der Waals surface area (Å²) in [6.45, 7) is 0. The van der Waals surface area contributed by atoms with Crippen molar-refractivity contribution in [3.05, 3.63) is 0 Å². The van der Waals surface area contributed by atoms with Gasteiger partial charge in [0.25, 0.3) is 0 Å². The predicted molar refractivity (Wildman–Crippen MR) is 42.9 cm³/mol. The first kappa shape index (κ1) is 11.9. The molecule has 76 valence electrons. The number of hydrogen-bond acceptors (Lipinski definition) is 4. The van der Waals surface area contributed by atoms with Gasteiger partial charge in [0.15, 0.2) is 0 Å². The van der Waals surface area contributed by atoms with Gasteiger partial charge >= 0.3 is 11.9 Å². The highest BCUT2D eigenvalue weighted by Gasteiger charge is 2.29. The number of nitrogens with two attached hydrogens (primary N) is 1. The molecule has 0 saturated heterocycles. The number of carbonyl (C=O) groups is 2. The Kier molecular flexibility index (Phi) is 4.36. The Morgan fingerprint density at radius 1 is 1.23 bits per heavy atom. The fourth-order valence-electron chi connectivity index (χ4n) is 0.778. The number of carboxylic acid groups (broad SMARTS) is 2. The van der Waals surface area contributed by atoms with Crippen molar-refractivity contribution in [2.45, 2.75) is 31.4 Å². The minimum absolute atomic E-state index is 0.0459. The maximum Gasteiger partial charge on any atom is 0.350 e. The summed E-state index contributed by atoms with van der Waals surface area (Å²) < 4.78 is 0. The molecule has 0 rings (SSSR count). The molecule has 0 bridgehead atoms. The second-order valence-corrected chi connectivity index (χ2v) is 2.83. The Labute approximate surface area is 75.0 Å². The summed E-state index contributed by atoms with van der Waals surface area (Å²) in [5.74, 6) is -2.45. The van der Waals surface area contributed by atoms with Crippen LogP contribution in [0, 0.1) is 0 Å². The van der Waals surface area contributed by atoms with E-state index in [-0.39, 0.29) is 19.3 Å². The average molecular weight is 191 g/mol. The van der Waals surface area contributed by atoms with Crippen LogP contribution in [-0.4, -0.2) is 33.0 Å². The van der Waals surface area contributed by atoms with Crippen LogP contribution in [0.3, 0.4) is 0 Å². The van der Waals surface area contributed by atoms with E-state index in [4.69, 9.17) is 21.1 Å². The van der Waals surface area contributed by atoms with E-state index in [0.717, 1.165) is 0 Å². The zero-order chi connectivity index (χ0) is 10.5. The van der Waals surface area contributed by atoms with Crippen molar-refractivity contribution in [1.29, 1.82) is 0 Å². The molecule has 0 heterocycles. The molecule has 0 radical (unpaired) electrons. The van der Waals surface area contributed by atoms with Crippen molar-refractivity contribution in [2.75, 3.05) is 0 Å². The van der Waals surface area contributed by atoms with Crippen LogP contribution in [0.25, 0.3) is 0 Å². The van der Waals surface area contributed by atoms with Crippen LogP contribution in [0.5, 0.6) is 0 Å². The highest BCUT2D eigenvalue weighted by atomic mass is 16.4. The third kappa shape index (κ3) is 5.15. The van der Waals surface area contributed by atoms with E-state index in [9.17, 15) is 9.59 Å². The van der Waals surface area contributed by atoms with Crippen molar-refractivity contribution in [2.24, 2.45) is 5.73 Å². The van der Waals surface area contributed by atoms with E-state index in [2.05, 4.69) is 0 Å². The van der Waals surface area contributed by atoms with Gasteiger partial charge in [0.1, 0.15) is 0 Å². The van der Waals surface area contributed by atoms with E-state index < -0.39 is 17.7 Å². The highest BCUT2D eigenvalue weighted by Crippen LogP contribution is 2.09. The lowest BCUT2D eigenvalue weighted by Gasteiger charge is -2.16. The molecule has 0 aromatic rings. The summed E-state index contributed by atoms with van der Waals surface area (Å²) in [6.07, 6.45) is 0.388. The number of unbranched alkanes of at least 4 members (excludes halogenated alkanes) is 1. The highest BCUT2D eigenvalue weighted by molar-refractivity contribution is 5.76. The number of carboxylic acids is 2. The molecule has 1 atom stereocenters.